The van der Waals surface area contributed by atoms with Gasteiger partial charge in [0.25, 0.3) is 0 Å². The Bertz CT molecular complexity index is 706. The number of anilines is 2. The molecule has 0 aliphatic carbocycles. The summed E-state index contributed by atoms with van der Waals surface area (Å²) < 4.78 is 5.43. The summed E-state index contributed by atoms with van der Waals surface area (Å²) in [5.41, 5.74) is 3.67. The second-order valence-electron chi connectivity index (χ2n) is 4.06. The Morgan fingerprint density at radius 1 is 1.22 bits per heavy atom. The Labute approximate surface area is 109 Å². The molecule has 0 amide bonds. The molecule has 1 aromatic carbocycles. The maximum absolute atomic E-state index is 6.10. The first kappa shape index (κ1) is 11.1. The van der Waals surface area contributed by atoms with Crippen molar-refractivity contribution >= 4 is 33.9 Å². The van der Waals surface area contributed by atoms with Crippen molar-refractivity contribution in [3.63, 3.8) is 0 Å². The molecule has 18 heavy (non-hydrogen) atoms. The number of pyridine rings is 1. The average Bonchev–Trinajstić information content (AvgIpc) is 2.79. The van der Waals surface area contributed by atoms with Crippen LogP contribution < -0.4 is 5.32 Å². The summed E-state index contributed by atoms with van der Waals surface area (Å²) >= 11 is 6.10. The van der Waals surface area contributed by atoms with Crippen molar-refractivity contribution in [3.8, 4) is 0 Å². The third-order valence-electron chi connectivity index (χ3n) is 2.92. The zero-order valence-corrected chi connectivity index (χ0v) is 10.5. The number of halogens is 1. The molecule has 0 saturated carbocycles. The maximum Gasteiger partial charge on any atom is 0.154 e. The first-order valence-corrected chi connectivity index (χ1v) is 5.97. The smallest absolute Gasteiger partial charge is 0.154 e. The standard InChI is InChI=1S/C14H11ClN2O/c1-9-11(15)3-2-4-12(9)17-13-8-18-14-7-16-6-5-10(13)14/h2-8,17H,1H3. The van der Waals surface area contributed by atoms with E-state index in [2.05, 4.69) is 10.3 Å². The van der Waals surface area contributed by atoms with Gasteiger partial charge in [-0.05, 0) is 30.7 Å². The van der Waals surface area contributed by atoms with Crippen molar-refractivity contribution in [1.82, 2.24) is 4.98 Å². The highest BCUT2D eigenvalue weighted by Gasteiger charge is 2.07. The SMILES string of the molecule is Cc1c(Cl)cccc1Nc1coc2cnccc12. The topological polar surface area (TPSA) is 38.1 Å². The third kappa shape index (κ3) is 1.83. The van der Waals surface area contributed by atoms with Crippen LogP contribution in [0.5, 0.6) is 0 Å². The van der Waals surface area contributed by atoms with E-state index in [9.17, 15) is 0 Å². The van der Waals surface area contributed by atoms with Crippen molar-refractivity contribution in [3.05, 3.63) is 53.5 Å². The number of fused-ring (bicyclic) bond motifs is 1. The first-order valence-electron chi connectivity index (χ1n) is 5.59. The van der Waals surface area contributed by atoms with E-state index in [0.717, 1.165) is 32.9 Å². The van der Waals surface area contributed by atoms with E-state index >= 15 is 0 Å². The lowest BCUT2D eigenvalue weighted by molar-refractivity contribution is 0.615. The van der Waals surface area contributed by atoms with Crippen LogP contribution in [0, 0.1) is 6.92 Å². The average molecular weight is 259 g/mol. The van der Waals surface area contributed by atoms with Crippen LogP contribution in [0.1, 0.15) is 5.56 Å². The van der Waals surface area contributed by atoms with Crippen molar-refractivity contribution in [2.45, 2.75) is 6.92 Å². The quantitative estimate of drug-likeness (QED) is 0.734. The zero-order chi connectivity index (χ0) is 12.5. The van der Waals surface area contributed by atoms with Gasteiger partial charge < -0.3 is 9.73 Å². The molecule has 0 radical (unpaired) electrons. The zero-order valence-electron chi connectivity index (χ0n) is 9.77. The molecular weight excluding hydrogens is 248 g/mol. The number of hydrogen-bond donors (Lipinski definition) is 1. The Balaban J connectivity index is 2.04. The van der Waals surface area contributed by atoms with Crippen molar-refractivity contribution < 1.29 is 4.42 Å². The van der Waals surface area contributed by atoms with E-state index in [1.54, 1.807) is 18.7 Å². The summed E-state index contributed by atoms with van der Waals surface area (Å²) in [6.07, 6.45) is 5.13. The molecule has 0 unspecified atom stereocenters. The number of rotatable bonds is 2. The summed E-state index contributed by atoms with van der Waals surface area (Å²) in [5.74, 6) is 0. The van der Waals surface area contributed by atoms with Crippen LogP contribution in [0.15, 0.2) is 47.3 Å². The molecule has 3 nitrogen and oxygen atoms in total. The summed E-state index contributed by atoms with van der Waals surface area (Å²) in [6.45, 7) is 1.98. The number of benzene rings is 1. The second-order valence-corrected chi connectivity index (χ2v) is 4.47. The third-order valence-corrected chi connectivity index (χ3v) is 3.32. The largest absolute Gasteiger partial charge is 0.460 e. The number of nitrogens with one attached hydrogen (secondary N) is 1. The molecule has 3 rings (SSSR count). The van der Waals surface area contributed by atoms with Gasteiger partial charge in [-0.3, -0.25) is 4.98 Å². The van der Waals surface area contributed by atoms with Crippen molar-refractivity contribution in [2.24, 2.45) is 0 Å². The molecule has 0 saturated heterocycles. The monoisotopic (exact) mass is 258 g/mol. The van der Waals surface area contributed by atoms with Crippen LogP contribution in [0.4, 0.5) is 11.4 Å². The minimum atomic E-state index is 0.745. The molecule has 0 spiro atoms. The van der Waals surface area contributed by atoms with E-state index in [1.165, 1.54) is 0 Å². The van der Waals surface area contributed by atoms with Gasteiger partial charge in [0, 0.05) is 22.3 Å². The van der Waals surface area contributed by atoms with Gasteiger partial charge >= 0.3 is 0 Å². The van der Waals surface area contributed by atoms with E-state index in [1.807, 2.05) is 31.2 Å². The lowest BCUT2D eigenvalue weighted by Crippen LogP contribution is -1.92. The Hall–Kier alpha value is -2.00. The highest BCUT2D eigenvalue weighted by molar-refractivity contribution is 6.31. The van der Waals surface area contributed by atoms with E-state index in [-0.39, 0.29) is 0 Å². The fourth-order valence-electron chi connectivity index (χ4n) is 1.87. The van der Waals surface area contributed by atoms with Crippen LogP contribution in [-0.4, -0.2) is 4.98 Å². The molecule has 0 atom stereocenters. The van der Waals surface area contributed by atoms with Crippen LogP contribution >= 0.6 is 11.6 Å². The molecular formula is C14H11ClN2O. The summed E-state index contributed by atoms with van der Waals surface area (Å²) in [7, 11) is 0. The van der Waals surface area contributed by atoms with Gasteiger partial charge in [0.2, 0.25) is 0 Å². The number of aromatic nitrogens is 1. The van der Waals surface area contributed by atoms with Gasteiger partial charge in [-0.2, -0.15) is 0 Å². The number of hydrogen-bond acceptors (Lipinski definition) is 3. The first-order chi connectivity index (χ1) is 8.75. The summed E-state index contributed by atoms with van der Waals surface area (Å²) in [6, 6.07) is 7.70. The fourth-order valence-corrected chi connectivity index (χ4v) is 2.04. The van der Waals surface area contributed by atoms with E-state index in [4.69, 9.17) is 16.0 Å². The van der Waals surface area contributed by atoms with Crippen molar-refractivity contribution in [1.29, 1.82) is 0 Å². The van der Waals surface area contributed by atoms with Crippen molar-refractivity contribution in [2.75, 3.05) is 5.32 Å². The number of furan rings is 1. The van der Waals surface area contributed by atoms with Crippen LogP contribution in [0.3, 0.4) is 0 Å². The van der Waals surface area contributed by atoms with Crippen LogP contribution in [0.2, 0.25) is 5.02 Å². The molecule has 3 aromatic rings. The number of nitrogens with zero attached hydrogens (tertiary/aromatic N) is 1. The molecule has 0 aliphatic heterocycles. The minimum absolute atomic E-state index is 0.745. The molecule has 1 N–H and O–H groups in total. The molecule has 90 valence electrons. The van der Waals surface area contributed by atoms with Gasteiger partial charge in [-0.25, -0.2) is 0 Å². The molecule has 4 heteroatoms. The van der Waals surface area contributed by atoms with Gasteiger partial charge in [0.1, 0.15) is 6.26 Å². The Kier molecular flexibility index (Phi) is 2.68. The normalized spacial score (nSPS) is 10.8. The van der Waals surface area contributed by atoms with Crippen LogP contribution in [-0.2, 0) is 0 Å². The Morgan fingerprint density at radius 2 is 2.11 bits per heavy atom. The molecule has 0 bridgehead atoms. The maximum atomic E-state index is 6.10. The van der Waals surface area contributed by atoms with Gasteiger partial charge in [-0.1, -0.05) is 17.7 Å². The predicted octanol–water partition coefficient (Wildman–Crippen LogP) is 4.53. The highest BCUT2D eigenvalue weighted by atomic mass is 35.5. The summed E-state index contributed by atoms with van der Waals surface area (Å²) in [5, 5.41) is 5.08. The molecule has 0 fully saturated rings. The lowest BCUT2D eigenvalue weighted by atomic mass is 10.2. The molecule has 0 aliphatic rings. The van der Waals surface area contributed by atoms with E-state index < -0.39 is 0 Å². The van der Waals surface area contributed by atoms with Gasteiger partial charge in [-0.15, -0.1) is 0 Å². The van der Waals surface area contributed by atoms with E-state index in [0.29, 0.717) is 0 Å². The molecule has 2 heterocycles. The minimum Gasteiger partial charge on any atom is -0.460 e. The summed E-state index contributed by atoms with van der Waals surface area (Å²) in [4.78, 5) is 4.02. The fraction of sp³-hybridized carbons (Fsp3) is 0.0714. The predicted molar refractivity (Wildman–Crippen MR) is 73.5 cm³/mol. The second kappa shape index (κ2) is 4.35. The highest BCUT2D eigenvalue weighted by Crippen LogP contribution is 2.31. The molecule has 2 aromatic heterocycles. The van der Waals surface area contributed by atoms with Crippen LogP contribution in [0.25, 0.3) is 11.0 Å². The Morgan fingerprint density at radius 3 is 3.00 bits per heavy atom. The van der Waals surface area contributed by atoms with Gasteiger partial charge in [0.05, 0.1) is 11.9 Å². The van der Waals surface area contributed by atoms with Gasteiger partial charge in [0.15, 0.2) is 5.58 Å². The lowest BCUT2D eigenvalue weighted by Gasteiger charge is -2.08.